The highest BCUT2D eigenvalue weighted by molar-refractivity contribution is 7.17. The molecule has 1 atom stereocenters. The summed E-state index contributed by atoms with van der Waals surface area (Å²) in [6.07, 6.45) is -0.942. The van der Waals surface area contributed by atoms with Crippen LogP contribution in [0.25, 0.3) is 10.1 Å². The molecule has 0 aliphatic heterocycles. The van der Waals surface area contributed by atoms with Crippen LogP contribution in [0.1, 0.15) is 11.7 Å². The second-order valence-electron chi connectivity index (χ2n) is 5.50. The summed E-state index contributed by atoms with van der Waals surface area (Å²) in [5, 5.41) is 17.6. The van der Waals surface area contributed by atoms with Crippen LogP contribution in [-0.4, -0.2) is 23.5 Å². The molecule has 3 rings (SSSR count). The predicted octanol–water partition coefficient (Wildman–Crippen LogP) is 3.48. The van der Waals surface area contributed by atoms with Crippen LogP contribution in [0.2, 0.25) is 5.02 Å². The van der Waals surface area contributed by atoms with Gasteiger partial charge >= 0.3 is 11.8 Å². The average Bonchev–Trinajstić information content (AvgIpc) is 3.06. The molecule has 0 saturated carbocycles. The van der Waals surface area contributed by atoms with Crippen LogP contribution in [-0.2, 0) is 9.59 Å². The molecule has 0 saturated heterocycles. The van der Waals surface area contributed by atoms with E-state index in [0.717, 1.165) is 16.2 Å². The number of hydrogen-bond acceptors (Lipinski definition) is 4. The Balaban J connectivity index is 1.59. The minimum Gasteiger partial charge on any atom is -0.387 e. The van der Waals surface area contributed by atoms with E-state index in [4.69, 9.17) is 11.6 Å². The fourth-order valence-electron chi connectivity index (χ4n) is 2.40. The van der Waals surface area contributed by atoms with Crippen molar-refractivity contribution >= 4 is 50.5 Å². The van der Waals surface area contributed by atoms with Gasteiger partial charge in [0.25, 0.3) is 0 Å². The Morgan fingerprint density at radius 3 is 2.73 bits per heavy atom. The molecule has 0 unspecified atom stereocenters. The van der Waals surface area contributed by atoms with Crippen molar-refractivity contribution in [2.24, 2.45) is 0 Å². The monoisotopic (exact) mass is 392 g/mol. The minimum atomic E-state index is -0.942. The van der Waals surface area contributed by atoms with E-state index >= 15 is 0 Å². The minimum absolute atomic E-state index is 0.114. The Hall–Kier alpha value is -2.48. The lowest BCUT2D eigenvalue weighted by Crippen LogP contribution is -2.37. The fourth-order valence-corrected chi connectivity index (χ4v) is 3.59. The van der Waals surface area contributed by atoms with Gasteiger partial charge in [-0.05, 0) is 35.0 Å². The number of hydrogen-bond donors (Lipinski definition) is 3. The molecule has 134 valence electrons. The molecule has 0 radical (unpaired) electrons. The predicted molar refractivity (Wildman–Crippen MR) is 99.8 cm³/mol. The Kier molecular flexibility index (Phi) is 5.51. The zero-order valence-electron chi connectivity index (χ0n) is 13.3. The lowest BCUT2D eigenvalue weighted by atomic mass is 10.1. The molecule has 8 heteroatoms. The summed E-state index contributed by atoms with van der Waals surface area (Å²) in [4.78, 5) is 23.8. The van der Waals surface area contributed by atoms with E-state index in [2.05, 4.69) is 10.6 Å². The van der Waals surface area contributed by atoms with E-state index in [9.17, 15) is 19.1 Å². The molecule has 3 aromatic rings. The second kappa shape index (κ2) is 7.82. The van der Waals surface area contributed by atoms with Crippen LogP contribution in [0, 0.1) is 5.82 Å². The summed E-state index contributed by atoms with van der Waals surface area (Å²) >= 11 is 7.12. The number of nitrogens with one attached hydrogen (secondary N) is 2. The van der Waals surface area contributed by atoms with E-state index in [1.54, 1.807) is 0 Å². The zero-order valence-corrected chi connectivity index (χ0v) is 14.9. The third-order valence-electron chi connectivity index (χ3n) is 3.71. The van der Waals surface area contributed by atoms with Gasteiger partial charge in [0.15, 0.2) is 0 Å². The summed E-state index contributed by atoms with van der Waals surface area (Å²) < 4.78 is 14.1. The number of amides is 2. The standard InChI is InChI=1S/C18H14ClFN2O3S/c19-13-7-10(5-6-14(13)20)22-18(25)17(24)21-8-15(23)12-9-26-16-4-2-1-3-11(12)16/h1-7,9,15,23H,8H2,(H,21,24)(H,22,25)/t15-/m1/s1. The Morgan fingerprint density at radius 2 is 1.96 bits per heavy atom. The molecule has 0 fully saturated rings. The largest absolute Gasteiger partial charge is 0.387 e. The van der Waals surface area contributed by atoms with E-state index < -0.39 is 23.7 Å². The Bertz CT molecular complexity index is 976. The summed E-state index contributed by atoms with van der Waals surface area (Å²) in [5.41, 5.74) is 0.887. The van der Waals surface area contributed by atoms with Crippen molar-refractivity contribution < 1.29 is 19.1 Å². The SMILES string of the molecule is O=C(NC[C@@H](O)c1csc2ccccc12)C(=O)Nc1ccc(F)c(Cl)c1. The number of rotatable bonds is 4. The van der Waals surface area contributed by atoms with Crippen molar-refractivity contribution in [3.63, 3.8) is 0 Å². The molecule has 0 aliphatic carbocycles. The molecule has 2 aromatic carbocycles. The number of carbonyl (C=O) groups is 2. The van der Waals surface area contributed by atoms with Crippen molar-refractivity contribution in [1.29, 1.82) is 0 Å². The van der Waals surface area contributed by atoms with E-state index in [1.807, 2.05) is 29.6 Å². The van der Waals surface area contributed by atoms with Gasteiger partial charge < -0.3 is 15.7 Å². The molecule has 1 aromatic heterocycles. The molecule has 26 heavy (non-hydrogen) atoms. The third kappa shape index (κ3) is 4.01. The maximum atomic E-state index is 13.1. The van der Waals surface area contributed by atoms with Crippen molar-refractivity contribution in [1.82, 2.24) is 5.32 Å². The Morgan fingerprint density at radius 1 is 1.19 bits per heavy atom. The number of thiophene rings is 1. The van der Waals surface area contributed by atoms with Crippen molar-refractivity contribution in [2.75, 3.05) is 11.9 Å². The van der Waals surface area contributed by atoms with Gasteiger partial charge in [-0.1, -0.05) is 29.8 Å². The number of fused-ring (bicyclic) bond motifs is 1. The van der Waals surface area contributed by atoms with Gasteiger partial charge in [0.2, 0.25) is 0 Å². The summed E-state index contributed by atoms with van der Waals surface area (Å²) in [6, 6.07) is 11.2. The number of carbonyl (C=O) groups excluding carboxylic acids is 2. The zero-order chi connectivity index (χ0) is 18.7. The van der Waals surface area contributed by atoms with Gasteiger partial charge in [-0.2, -0.15) is 0 Å². The molecule has 1 heterocycles. The highest BCUT2D eigenvalue weighted by Crippen LogP contribution is 2.29. The number of anilines is 1. The molecule has 0 aliphatic rings. The normalized spacial score (nSPS) is 12.0. The average molecular weight is 393 g/mol. The molecular weight excluding hydrogens is 379 g/mol. The number of aliphatic hydroxyl groups excluding tert-OH is 1. The first-order valence-electron chi connectivity index (χ1n) is 7.64. The van der Waals surface area contributed by atoms with Gasteiger partial charge in [0.1, 0.15) is 5.82 Å². The van der Waals surface area contributed by atoms with Gasteiger partial charge in [0, 0.05) is 22.5 Å². The summed E-state index contributed by atoms with van der Waals surface area (Å²) in [6.45, 7) is -0.114. The number of benzene rings is 2. The van der Waals surface area contributed by atoms with Crippen LogP contribution in [0.15, 0.2) is 47.8 Å². The first kappa shape index (κ1) is 18.3. The van der Waals surface area contributed by atoms with Crippen molar-refractivity contribution in [2.45, 2.75) is 6.10 Å². The number of aliphatic hydroxyl groups is 1. The van der Waals surface area contributed by atoms with Crippen molar-refractivity contribution in [3.8, 4) is 0 Å². The molecule has 5 nitrogen and oxygen atoms in total. The molecule has 2 amide bonds. The summed E-state index contributed by atoms with van der Waals surface area (Å²) in [5.74, 6) is -2.47. The van der Waals surface area contributed by atoms with Crippen molar-refractivity contribution in [3.05, 3.63) is 64.2 Å². The lowest BCUT2D eigenvalue weighted by Gasteiger charge is -2.12. The Labute approximate surface area is 157 Å². The van der Waals surface area contributed by atoms with Crippen LogP contribution in [0.5, 0.6) is 0 Å². The fraction of sp³-hybridized carbons (Fsp3) is 0.111. The molecule has 0 spiro atoms. The maximum Gasteiger partial charge on any atom is 0.313 e. The first-order chi connectivity index (χ1) is 12.5. The third-order valence-corrected chi connectivity index (χ3v) is 4.98. The van der Waals surface area contributed by atoms with Crippen LogP contribution < -0.4 is 10.6 Å². The molecular formula is C18H14ClFN2O3S. The van der Waals surface area contributed by atoms with E-state index in [-0.39, 0.29) is 17.3 Å². The summed E-state index contributed by atoms with van der Waals surface area (Å²) in [7, 11) is 0. The van der Waals surface area contributed by atoms with Gasteiger partial charge in [0.05, 0.1) is 11.1 Å². The highest BCUT2D eigenvalue weighted by Gasteiger charge is 2.18. The highest BCUT2D eigenvalue weighted by atomic mass is 35.5. The molecule has 3 N–H and O–H groups in total. The quantitative estimate of drug-likeness (QED) is 0.595. The smallest absolute Gasteiger partial charge is 0.313 e. The van der Waals surface area contributed by atoms with Crippen LogP contribution in [0.3, 0.4) is 0 Å². The molecule has 0 bridgehead atoms. The maximum absolute atomic E-state index is 13.1. The van der Waals surface area contributed by atoms with Crippen LogP contribution >= 0.6 is 22.9 Å². The van der Waals surface area contributed by atoms with E-state index in [1.165, 1.54) is 23.5 Å². The van der Waals surface area contributed by atoms with E-state index in [0.29, 0.717) is 5.56 Å². The van der Waals surface area contributed by atoms with Crippen LogP contribution in [0.4, 0.5) is 10.1 Å². The number of halogens is 2. The first-order valence-corrected chi connectivity index (χ1v) is 8.90. The van der Waals surface area contributed by atoms with Gasteiger partial charge in [-0.15, -0.1) is 11.3 Å². The topological polar surface area (TPSA) is 78.4 Å². The lowest BCUT2D eigenvalue weighted by molar-refractivity contribution is -0.136. The van der Waals surface area contributed by atoms with Gasteiger partial charge in [-0.3, -0.25) is 9.59 Å². The second-order valence-corrected chi connectivity index (χ2v) is 6.81. The van der Waals surface area contributed by atoms with Gasteiger partial charge in [-0.25, -0.2) is 4.39 Å².